The molecule has 0 fully saturated rings. The highest BCUT2D eigenvalue weighted by atomic mass is 32.2. The number of carbonyl (C=O) groups excluding carboxylic acids is 1. The molecule has 33 heavy (non-hydrogen) atoms. The van der Waals surface area contributed by atoms with E-state index in [4.69, 9.17) is 15.0 Å². The first-order valence-corrected chi connectivity index (χ1v) is 12.5. The van der Waals surface area contributed by atoms with Gasteiger partial charge in [-0.15, -0.1) is 0 Å². The molecule has 2 aromatic carbocycles. The summed E-state index contributed by atoms with van der Waals surface area (Å²) >= 11 is 0. The summed E-state index contributed by atoms with van der Waals surface area (Å²) in [6.07, 6.45) is 2.10. The SMILES string of the molecule is CCCS(=O)(=O)N[C@@H](Cc1ccc(OCCCCN=[N+]=[N-])cc1)C(=O)OCc1ccccc1. The number of esters is 1. The Morgan fingerprint density at radius 3 is 2.48 bits per heavy atom. The minimum atomic E-state index is -3.61. The molecule has 178 valence electrons. The van der Waals surface area contributed by atoms with Crippen molar-refractivity contribution in [3.05, 3.63) is 76.2 Å². The number of nitrogens with zero attached hydrogens (tertiary/aromatic N) is 3. The highest BCUT2D eigenvalue weighted by Crippen LogP contribution is 2.15. The molecule has 0 unspecified atom stereocenters. The van der Waals surface area contributed by atoms with Crippen LogP contribution in [0, 0.1) is 0 Å². The van der Waals surface area contributed by atoms with Gasteiger partial charge in [-0.1, -0.05) is 54.5 Å². The van der Waals surface area contributed by atoms with Crippen LogP contribution >= 0.6 is 0 Å². The third-order valence-corrected chi connectivity index (χ3v) is 6.24. The Balaban J connectivity index is 1.98. The summed E-state index contributed by atoms with van der Waals surface area (Å²) in [7, 11) is -3.61. The maximum atomic E-state index is 12.7. The van der Waals surface area contributed by atoms with Crippen LogP contribution in [0.25, 0.3) is 10.4 Å². The predicted molar refractivity (Wildman–Crippen MR) is 126 cm³/mol. The highest BCUT2D eigenvalue weighted by molar-refractivity contribution is 7.89. The second kappa shape index (κ2) is 14.2. The Morgan fingerprint density at radius 1 is 1.09 bits per heavy atom. The number of azide groups is 1. The van der Waals surface area contributed by atoms with Crippen molar-refractivity contribution in [1.82, 2.24) is 4.72 Å². The van der Waals surface area contributed by atoms with Crippen LogP contribution in [0.4, 0.5) is 0 Å². The molecule has 0 spiro atoms. The minimum absolute atomic E-state index is 0.0675. The van der Waals surface area contributed by atoms with E-state index in [0.29, 0.717) is 25.3 Å². The standard InChI is InChI=1S/C23H30N4O5S/c1-2-16-33(29,30)26-22(23(28)32-18-20-8-4-3-5-9-20)17-19-10-12-21(13-11-19)31-15-7-6-14-25-27-24/h3-5,8-13,22,26H,2,6-7,14-18H2,1H3/t22-/m0/s1. The molecule has 0 heterocycles. The molecule has 0 radical (unpaired) electrons. The summed E-state index contributed by atoms with van der Waals surface area (Å²) in [5.41, 5.74) is 9.85. The Kier molecular flexibility index (Phi) is 11.2. The smallest absolute Gasteiger partial charge is 0.324 e. The molecule has 9 nitrogen and oxygen atoms in total. The van der Waals surface area contributed by atoms with E-state index in [0.717, 1.165) is 24.0 Å². The number of benzene rings is 2. The fraction of sp³-hybridized carbons (Fsp3) is 0.435. The van der Waals surface area contributed by atoms with E-state index in [9.17, 15) is 13.2 Å². The zero-order valence-corrected chi connectivity index (χ0v) is 19.5. The van der Waals surface area contributed by atoms with Crippen molar-refractivity contribution in [3.63, 3.8) is 0 Å². The van der Waals surface area contributed by atoms with Crippen molar-refractivity contribution in [2.75, 3.05) is 18.9 Å². The van der Waals surface area contributed by atoms with Gasteiger partial charge in [0.15, 0.2) is 0 Å². The van der Waals surface area contributed by atoms with Crippen LogP contribution in [-0.2, 0) is 32.6 Å². The van der Waals surface area contributed by atoms with Gasteiger partial charge in [0.25, 0.3) is 0 Å². The number of sulfonamides is 1. The van der Waals surface area contributed by atoms with Crippen molar-refractivity contribution in [2.24, 2.45) is 5.11 Å². The van der Waals surface area contributed by atoms with E-state index < -0.39 is 22.0 Å². The van der Waals surface area contributed by atoms with Crippen molar-refractivity contribution in [3.8, 4) is 5.75 Å². The second-order valence-corrected chi connectivity index (χ2v) is 9.31. The van der Waals surface area contributed by atoms with Gasteiger partial charge >= 0.3 is 5.97 Å². The van der Waals surface area contributed by atoms with E-state index in [1.165, 1.54) is 0 Å². The summed E-state index contributed by atoms with van der Waals surface area (Å²) in [6.45, 7) is 2.76. The topological polar surface area (TPSA) is 130 Å². The van der Waals surface area contributed by atoms with Gasteiger partial charge in [-0.05, 0) is 54.5 Å². The average Bonchev–Trinajstić information content (AvgIpc) is 2.81. The van der Waals surface area contributed by atoms with Gasteiger partial charge < -0.3 is 9.47 Å². The Morgan fingerprint density at radius 2 is 1.82 bits per heavy atom. The molecule has 0 saturated carbocycles. The lowest BCUT2D eigenvalue weighted by atomic mass is 10.1. The Labute approximate surface area is 194 Å². The molecule has 2 rings (SSSR count). The first kappa shape index (κ1) is 26.2. The zero-order valence-electron chi connectivity index (χ0n) is 18.7. The lowest BCUT2D eigenvalue weighted by Crippen LogP contribution is -2.44. The molecule has 0 aliphatic carbocycles. The molecule has 1 atom stereocenters. The van der Waals surface area contributed by atoms with Crippen LogP contribution < -0.4 is 9.46 Å². The summed E-state index contributed by atoms with van der Waals surface area (Å²) in [6, 6.07) is 15.3. The van der Waals surface area contributed by atoms with Crippen molar-refractivity contribution < 1.29 is 22.7 Å². The van der Waals surface area contributed by atoms with Crippen LogP contribution in [0.15, 0.2) is 59.7 Å². The van der Waals surface area contributed by atoms with E-state index in [2.05, 4.69) is 14.7 Å². The number of carbonyl (C=O) groups is 1. The van der Waals surface area contributed by atoms with E-state index in [1.807, 2.05) is 30.3 Å². The maximum absolute atomic E-state index is 12.7. The third-order valence-electron chi connectivity index (χ3n) is 4.65. The largest absolute Gasteiger partial charge is 0.494 e. The average molecular weight is 475 g/mol. The van der Waals surface area contributed by atoms with Crippen LogP contribution in [-0.4, -0.2) is 39.3 Å². The van der Waals surface area contributed by atoms with Crippen LogP contribution in [0.1, 0.15) is 37.3 Å². The van der Waals surface area contributed by atoms with Gasteiger partial charge in [0.05, 0.1) is 12.4 Å². The number of unbranched alkanes of at least 4 members (excludes halogenated alkanes) is 1. The molecule has 0 aliphatic heterocycles. The second-order valence-electron chi connectivity index (χ2n) is 7.44. The first-order chi connectivity index (χ1) is 15.9. The molecule has 0 amide bonds. The summed E-state index contributed by atoms with van der Waals surface area (Å²) in [4.78, 5) is 15.4. The van der Waals surface area contributed by atoms with Gasteiger partial charge in [-0.3, -0.25) is 4.79 Å². The first-order valence-electron chi connectivity index (χ1n) is 10.9. The van der Waals surface area contributed by atoms with Gasteiger partial charge in [-0.2, -0.15) is 0 Å². The summed E-state index contributed by atoms with van der Waals surface area (Å²) in [5, 5.41) is 3.48. The number of nitrogens with one attached hydrogen (secondary N) is 1. The molecule has 0 saturated heterocycles. The molecule has 0 bridgehead atoms. The van der Waals surface area contributed by atoms with Crippen molar-refractivity contribution in [1.29, 1.82) is 0 Å². The lowest BCUT2D eigenvalue weighted by molar-refractivity contribution is -0.147. The monoisotopic (exact) mass is 474 g/mol. The van der Waals surface area contributed by atoms with Gasteiger partial charge in [-0.25, -0.2) is 13.1 Å². The fourth-order valence-electron chi connectivity index (χ4n) is 3.02. The summed E-state index contributed by atoms with van der Waals surface area (Å²) in [5.74, 6) is -0.0294. The Hall–Kier alpha value is -3.07. The van der Waals surface area contributed by atoms with Crippen molar-refractivity contribution >= 4 is 16.0 Å². The third kappa shape index (κ3) is 10.4. The fourth-order valence-corrected chi connectivity index (χ4v) is 4.29. The molecule has 2 aromatic rings. The molecule has 0 aliphatic rings. The van der Waals surface area contributed by atoms with E-state index >= 15 is 0 Å². The van der Waals surface area contributed by atoms with Gasteiger partial charge in [0, 0.05) is 11.5 Å². The van der Waals surface area contributed by atoms with Crippen molar-refractivity contribution in [2.45, 2.75) is 45.3 Å². The minimum Gasteiger partial charge on any atom is -0.494 e. The molecule has 1 N–H and O–H groups in total. The van der Waals surface area contributed by atoms with Crippen LogP contribution in [0.2, 0.25) is 0 Å². The molecular weight excluding hydrogens is 444 g/mol. The predicted octanol–water partition coefficient (Wildman–Crippen LogP) is 4.14. The van der Waals surface area contributed by atoms with Crippen LogP contribution in [0.5, 0.6) is 5.75 Å². The Bertz CT molecular complexity index is 1010. The zero-order chi connectivity index (χ0) is 23.9. The quantitative estimate of drug-likeness (QED) is 0.136. The maximum Gasteiger partial charge on any atom is 0.324 e. The number of hydrogen-bond donors (Lipinski definition) is 1. The normalized spacial score (nSPS) is 11.9. The molecule has 10 heteroatoms. The van der Waals surface area contributed by atoms with Gasteiger partial charge in [0.2, 0.25) is 10.0 Å². The summed E-state index contributed by atoms with van der Waals surface area (Å²) < 4.78 is 38.1. The number of hydrogen-bond acceptors (Lipinski definition) is 6. The number of rotatable bonds is 15. The molecule has 0 aromatic heterocycles. The van der Waals surface area contributed by atoms with E-state index in [1.54, 1.807) is 31.2 Å². The lowest BCUT2D eigenvalue weighted by Gasteiger charge is -2.18. The number of ether oxygens (including phenoxy) is 2. The molecular formula is C23H30N4O5S. The van der Waals surface area contributed by atoms with Crippen LogP contribution in [0.3, 0.4) is 0 Å². The van der Waals surface area contributed by atoms with E-state index in [-0.39, 0.29) is 18.8 Å². The van der Waals surface area contributed by atoms with Gasteiger partial charge in [0.1, 0.15) is 18.4 Å². The highest BCUT2D eigenvalue weighted by Gasteiger charge is 2.26.